The van der Waals surface area contributed by atoms with E-state index in [9.17, 15) is 5.11 Å². The van der Waals surface area contributed by atoms with Crippen molar-refractivity contribution in [2.45, 2.75) is 105 Å². The van der Waals surface area contributed by atoms with Crippen LogP contribution in [0, 0.1) is 40.4 Å². The van der Waals surface area contributed by atoms with Crippen LogP contribution in [-0.2, 0) is 4.43 Å². The monoisotopic (exact) mass is 434 g/mol. The van der Waals surface area contributed by atoms with Gasteiger partial charge in [0.05, 0.1) is 0 Å². The summed E-state index contributed by atoms with van der Waals surface area (Å²) in [5.74, 6) is 3.07. The lowest BCUT2D eigenvalue weighted by Gasteiger charge is -2.57. The zero-order chi connectivity index (χ0) is 22.5. The molecule has 3 rings (SSSR count). The number of aliphatic hydroxyl groups is 1. The third-order valence-corrected chi connectivity index (χ3v) is 15.2. The molecule has 3 aliphatic rings. The van der Waals surface area contributed by atoms with Crippen molar-refractivity contribution in [3.05, 3.63) is 12.2 Å². The topological polar surface area (TPSA) is 29.5 Å². The largest absolute Gasteiger partial charge is 0.417 e. The molecule has 174 valence electrons. The van der Waals surface area contributed by atoms with Crippen LogP contribution in [0.3, 0.4) is 0 Å². The fraction of sp³-hybridized carbons (Fsp3) is 0.926. The van der Waals surface area contributed by atoms with E-state index in [2.05, 4.69) is 61.2 Å². The van der Waals surface area contributed by atoms with E-state index >= 15 is 0 Å². The van der Waals surface area contributed by atoms with Crippen LogP contribution in [0.15, 0.2) is 12.2 Å². The number of allylic oxidation sites excluding steroid dienone is 1. The van der Waals surface area contributed by atoms with Gasteiger partial charge in [-0.1, -0.05) is 60.1 Å². The van der Waals surface area contributed by atoms with Gasteiger partial charge in [0.25, 0.3) is 0 Å². The molecule has 0 aromatic carbocycles. The standard InChI is InChI=1S/C27H50O2Si/c1-19-12-14-27(7,21(16-19)18-29-30(8,9)25(3,4)5)24-13-15-26(6)20(2)10-11-23(26)22(24)17-28/h19,21-24,28H,2,10-18H2,1,3-9H3/t19-,21+,22-,23?,24?,26+,27-/m0/s1. The van der Waals surface area contributed by atoms with E-state index in [1.165, 1.54) is 44.1 Å². The molecule has 3 heteroatoms. The van der Waals surface area contributed by atoms with Crippen LogP contribution in [0.25, 0.3) is 0 Å². The summed E-state index contributed by atoms with van der Waals surface area (Å²) in [7, 11) is -1.75. The van der Waals surface area contributed by atoms with Crippen LogP contribution < -0.4 is 0 Å². The molecule has 3 aliphatic carbocycles. The van der Waals surface area contributed by atoms with E-state index in [0.717, 1.165) is 18.9 Å². The van der Waals surface area contributed by atoms with Gasteiger partial charge in [-0.3, -0.25) is 0 Å². The predicted molar refractivity (Wildman–Crippen MR) is 131 cm³/mol. The van der Waals surface area contributed by atoms with Crippen molar-refractivity contribution in [2.24, 2.45) is 40.4 Å². The van der Waals surface area contributed by atoms with Crippen molar-refractivity contribution in [2.75, 3.05) is 13.2 Å². The lowest BCUT2D eigenvalue weighted by atomic mass is 9.49. The minimum atomic E-state index is -1.75. The Morgan fingerprint density at radius 1 is 1.10 bits per heavy atom. The van der Waals surface area contributed by atoms with Crippen molar-refractivity contribution in [3.8, 4) is 0 Å². The molecule has 0 radical (unpaired) electrons. The lowest BCUT2D eigenvalue weighted by Crippen LogP contribution is -2.52. The van der Waals surface area contributed by atoms with Crippen molar-refractivity contribution in [1.29, 1.82) is 0 Å². The lowest BCUT2D eigenvalue weighted by molar-refractivity contribution is -0.0914. The number of hydrogen-bond acceptors (Lipinski definition) is 2. The number of fused-ring (bicyclic) bond motifs is 1. The Morgan fingerprint density at radius 3 is 2.37 bits per heavy atom. The van der Waals surface area contributed by atoms with Crippen molar-refractivity contribution in [1.82, 2.24) is 0 Å². The molecule has 0 heterocycles. The van der Waals surface area contributed by atoms with Gasteiger partial charge in [0, 0.05) is 13.2 Å². The Labute approximate surface area is 188 Å². The molecule has 7 atom stereocenters. The second-order valence-electron chi connectivity index (χ2n) is 13.3. The molecule has 0 saturated heterocycles. The minimum absolute atomic E-state index is 0.258. The fourth-order valence-electron chi connectivity index (χ4n) is 7.17. The molecule has 3 saturated carbocycles. The fourth-order valence-corrected chi connectivity index (χ4v) is 8.23. The molecule has 2 nitrogen and oxygen atoms in total. The van der Waals surface area contributed by atoms with Gasteiger partial charge in [-0.15, -0.1) is 0 Å². The smallest absolute Gasteiger partial charge is 0.191 e. The van der Waals surface area contributed by atoms with Gasteiger partial charge in [0.2, 0.25) is 0 Å². The highest BCUT2D eigenvalue weighted by molar-refractivity contribution is 6.74. The van der Waals surface area contributed by atoms with E-state index in [-0.39, 0.29) is 15.9 Å². The van der Waals surface area contributed by atoms with E-state index in [1.807, 2.05) is 0 Å². The highest BCUT2D eigenvalue weighted by Gasteiger charge is 2.56. The van der Waals surface area contributed by atoms with Crippen LogP contribution in [0.5, 0.6) is 0 Å². The summed E-state index contributed by atoms with van der Waals surface area (Å²) in [6.07, 6.45) is 8.82. The van der Waals surface area contributed by atoms with E-state index in [4.69, 9.17) is 4.43 Å². The zero-order valence-corrected chi connectivity index (χ0v) is 22.3. The predicted octanol–water partition coefficient (Wildman–Crippen LogP) is 7.44. The van der Waals surface area contributed by atoms with Gasteiger partial charge in [0.15, 0.2) is 8.32 Å². The van der Waals surface area contributed by atoms with Crippen LogP contribution in [0.2, 0.25) is 18.1 Å². The summed E-state index contributed by atoms with van der Waals surface area (Å²) in [6, 6.07) is 0. The molecular weight excluding hydrogens is 384 g/mol. The first kappa shape index (κ1) is 24.5. The Balaban J connectivity index is 1.84. The normalized spacial score (nSPS) is 43.0. The van der Waals surface area contributed by atoms with Gasteiger partial charge in [0.1, 0.15) is 0 Å². The molecule has 3 fully saturated rings. The second kappa shape index (κ2) is 8.34. The van der Waals surface area contributed by atoms with Gasteiger partial charge in [-0.05, 0) is 97.1 Å². The molecular formula is C27H50O2Si. The molecule has 0 aromatic heterocycles. The van der Waals surface area contributed by atoms with Crippen LogP contribution >= 0.6 is 0 Å². The van der Waals surface area contributed by atoms with Crippen molar-refractivity contribution >= 4 is 8.32 Å². The summed E-state index contributed by atoms with van der Waals surface area (Å²) >= 11 is 0. The summed E-state index contributed by atoms with van der Waals surface area (Å²) in [6.45, 7) is 25.0. The maximum absolute atomic E-state index is 10.6. The van der Waals surface area contributed by atoms with Gasteiger partial charge in [-0.25, -0.2) is 0 Å². The van der Waals surface area contributed by atoms with E-state index < -0.39 is 8.32 Å². The minimum Gasteiger partial charge on any atom is -0.417 e. The number of aliphatic hydroxyl groups excluding tert-OH is 1. The van der Waals surface area contributed by atoms with Crippen molar-refractivity contribution in [3.63, 3.8) is 0 Å². The first-order valence-corrected chi connectivity index (χ1v) is 15.6. The summed E-state index contributed by atoms with van der Waals surface area (Å²) in [5.41, 5.74) is 1.99. The second-order valence-corrected chi connectivity index (χ2v) is 18.1. The number of hydrogen-bond donors (Lipinski definition) is 1. The average molecular weight is 435 g/mol. The third kappa shape index (κ3) is 4.12. The Morgan fingerprint density at radius 2 is 1.77 bits per heavy atom. The van der Waals surface area contributed by atoms with Gasteiger partial charge < -0.3 is 9.53 Å². The Bertz CT molecular complexity index is 635. The first-order valence-electron chi connectivity index (χ1n) is 12.7. The Kier molecular flexibility index (Phi) is 6.81. The van der Waals surface area contributed by atoms with E-state index in [1.54, 1.807) is 0 Å². The maximum Gasteiger partial charge on any atom is 0.191 e. The molecule has 0 bridgehead atoms. The SMILES string of the molecule is C=C1CCC2[C@H](CO)C([C@@]3(C)CC[C@H](C)C[C@@H]3CO[Si](C)(C)C(C)(C)C)CC[C@]12C. The highest BCUT2D eigenvalue weighted by Crippen LogP contribution is 2.63. The third-order valence-electron chi connectivity index (χ3n) is 10.7. The average Bonchev–Trinajstić information content (AvgIpc) is 2.96. The van der Waals surface area contributed by atoms with Gasteiger partial charge in [-0.2, -0.15) is 0 Å². The molecule has 30 heavy (non-hydrogen) atoms. The molecule has 0 amide bonds. The molecule has 2 unspecified atom stereocenters. The molecule has 0 aliphatic heterocycles. The van der Waals surface area contributed by atoms with Crippen LogP contribution in [0.4, 0.5) is 0 Å². The van der Waals surface area contributed by atoms with Crippen LogP contribution in [0.1, 0.15) is 86.5 Å². The van der Waals surface area contributed by atoms with Crippen LogP contribution in [-0.4, -0.2) is 26.6 Å². The summed E-state index contributed by atoms with van der Waals surface area (Å²) in [5, 5.41) is 10.9. The maximum atomic E-state index is 10.6. The zero-order valence-electron chi connectivity index (χ0n) is 21.3. The van der Waals surface area contributed by atoms with Gasteiger partial charge >= 0.3 is 0 Å². The van der Waals surface area contributed by atoms with E-state index in [0.29, 0.717) is 30.3 Å². The number of rotatable bonds is 5. The molecule has 1 N–H and O–H groups in total. The summed E-state index contributed by atoms with van der Waals surface area (Å²) in [4.78, 5) is 0. The quantitative estimate of drug-likeness (QED) is 0.360. The first-order chi connectivity index (χ1) is 13.8. The van der Waals surface area contributed by atoms with Crippen molar-refractivity contribution < 1.29 is 9.53 Å². The molecule has 0 spiro atoms. The Hall–Kier alpha value is -0.123. The highest BCUT2D eigenvalue weighted by atomic mass is 28.4. The summed E-state index contributed by atoms with van der Waals surface area (Å²) < 4.78 is 6.82. The molecule has 0 aromatic rings.